The molecule has 1 N–H and O–H groups in total. The number of benzene rings is 3. The van der Waals surface area contributed by atoms with Crippen molar-refractivity contribution in [2.45, 2.75) is 13.1 Å². The van der Waals surface area contributed by atoms with Gasteiger partial charge in [-0.05, 0) is 41.0 Å². The first-order chi connectivity index (χ1) is 16.1. The Morgan fingerprint density at radius 1 is 1.00 bits per heavy atom. The lowest BCUT2D eigenvalue weighted by Gasteiger charge is -2.31. The molecule has 4 aromatic rings. The van der Waals surface area contributed by atoms with Gasteiger partial charge in [0.05, 0.1) is 28.4 Å². The average Bonchev–Trinajstić information content (AvgIpc) is 2.84. The number of nitrogens with zero attached hydrogens (tertiary/aromatic N) is 3. The van der Waals surface area contributed by atoms with Crippen molar-refractivity contribution in [3.63, 3.8) is 0 Å². The fourth-order valence-corrected chi connectivity index (χ4v) is 4.43. The SMILES string of the molecule is N#Cc1ccc(C=C2CN(Cc3ccccc3)Cc3c2nc2ccccc2c3C(=O)O)cc1. The lowest BCUT2D eigenvalue weighted by Crippen LogP contribution is -2.31. The number of carboxylic acid groups (broad SMARTS) is 1. The van der Waals surface area contributed by atoms with Gasteiger partial charge in [-0.25, -0.2) is 9.78 Å². The Kier molecular flexibility index (Phi) is 5.43. The maximum Gasteiger partial charge on any atom is 0.336 e. The monoisotopic (exact) mass is 431 g/mol. The normalized spacial score (nSPS) is 14.7. The van der Waals surface area contributed by atoms with Crippen LogP contribution < -0.4 is 0 Å². The van der Waals surface area contributed by atoms with E-state index in [0.717, 1.165) is 22.4 Å². The minimum Gasteiger partial charge on any atom is -0.478 e. The number of fused-ring (bicyclic) bond motifs is 2. The van der Waals surface area contributed by atoms with E-state index in [4.69, 9.17) is 10.2 Å². The van der Waals surface area contributed by atoms with Crippen molar-refractivity contribution in [3.8, 4) is 6.07 Å². The number of hydrogen-bond acceptors (Lipinski definition) is 4. The van der Waals surface area contributed by atoms with Crippen molar-refractivity contribution in [1.29, 1.82) is 5.26 Å². The van der Waals surface area contributed by atoms with E-state index in [1.54, 1.807) is 12.1 Å². The number of aromatic carboxylic acids is 1. The summed E-state index contributed by atoms with van der Waals surface area (Å²) in [5.74, 6) is -0.941. The third-order valence-corrected chi connectivity index (χ3v) is 5.92. The molecule has 0 radical (unpaired) electrons. The van der Waals surface area contributed by atoms with Gasteiger partial charge in [0.1, 0.15) is 0 Å². The number of rotatable bonds is 4. The predicted octanol–water partition coefficient (Wildman–Crippen LogP) is 5.36. The summed E-state index contributed by atoms with van der Waals surface area (Å²) in [6, 6.07) is 27.1. The number of hydrogen-bond donors (Lipinski definition) is 1. The van der Waals surface area contributed by atoms with Gasteiger partial charge in [0.2, 0.25) is 0 Å². The van der Waals surface area contributed by atoms with Crippen LogP contribution in [-0.2, 0) is 13.1 Å². The Morgan fingerprint density at radius 2 is 1.73 bits per heavy atom. The zero-order valence-corrected chi connectivity index (χ0v) is 17.9. The molecule has 0 aliphatic carbocycles. The van der Waals surface area contributed by atoms with Crippen molar-refractivity contribution in [2.24, 2.45) is 0 Å². The minimum absolute atomic E-state index is 0.319. The van der Waals surface area contributed by atoms with Gasteiger partial charge >= 0.3 is 5.97 Å². The summed E-state index contributed by atoms with van der Waals surface area (Å²) in [6.07, 6.45) is 2.05. The largest absolute Gasteiger partial charge is 0.478 e. The van der Waals surface area contributed by atoms with Gasteiger partial charge in [0, 0.05) is 30.6 Å². The van der Waals surface area contributed by atoms with E-state index in [1.165, 1.54) is 5.56 Å². The van der Waals surface area contributed by atoms with Crippen LogP contribution in [0, 0.1) is 11.3 Å². The zero-order chi connectivity index (χ0) is 22.8. The van der Waals surface area contributed by atoms with Crippen molar-refractivity contribution in [3.05, 3.63) is 112 Å². The lowest BCUT2D eigenvalue weighted by molar-refractivity contribution is 0.0696. The smallest absolute Gasteiger partial charge is 0.336 e. The molecule has 0 fully saturated rings. The summed E-state index contributed by atoms with van der Waals surface area (Å²) in [4.78, 5) is 19.5. The van der Waals surface area contributed by atoms with Crippen LogP contribution in [0.1, 0.15) is 38.3 Å². The van der Waals surface area contributed by atoms with Crippen LogP contribution in [0.25, 0.3) is 22.6 Å². The van der Waals surface area contributed by atoms with Crippen LogP contribution in [0.4, 0.5) is 0 Å². The van der Waals surface area contributed by atoms with Crippen LogP contribution >= 0.6 is 0 Å². The molecule has 0 atom stereocenters. The number of para-hydroxylation sites is 1. The van der Waals surface area contributed by atoms with Crippen LogP contribution in [0.5, 0.6) is 0 Å². The minimum atomic E-state index is -0.941. The molecule has 33 heavy (non-hydrogen) atoms. The van der Waals surface area contributed by atoms with Gasteiger partial charge < -0.3 is 5.11 Å². The first-order valence-electron chi connectivity index (χ1n) is 10.7. The zero-order valence-electron chi connectivity index (χ0n) is 17.9. The Hall–Kier alpha value is -4.27. The summed E-state index contributed by atoms with van der Waals surface area (Å²) in [6.45, 7) is 1.86. The van der Waals surface area contributed by atoms with Gasteiger partial charge in [0.15, 0.2) is 0 Å². The third kappa shape index (κ3) is 4.12. The summed E-state index contributed by atoms with van der Waals surface area (Å²) >= 11 is 0. The molecule has 0 bridgehead atoms. The summed E-state index contributed by atoms with van der Waals surface area (Å²) in [7, 11) is 0. The second-order valence-electron chi connectivity index (χ2n) is 8.17. The molecule has 5 rings (SSSR count). The van der Waals surface area contributed by atoms with E-state index in [0.29, 0.717) is 41.7 Å². The van der Waals surface area contributed by atoms with Gasteiger partial charge in [-0.15, -0.1) is 0 Å². The molecular formula is C28H21N3O2. The molecule has 1 aliphatic rings. The summed E-state index contributed by atoms with van der Waals surface area (Å²) < 4.78 is 0. The molecule has 0 unspecified atom stereocenters. The highest BCUT2D eigenvalue weighted by Crippen LogP contribution is 2.34. The van der Waals surface area contributed by atoms with Gasteiger partial charge in [-0.2, -0.15) is 5.26 Å². The number of nitriles is 1. The molecule has 0 amide bonds. The highest BCUT2D eigenvalue weighted by molar-refractivity contribution is 6.06. The third-order valence-electron chi connectivity index (χ3n) is 5.92. The van der Waals surface area contributed by atoms with E-state index in [-0.39, 0.29) is 0 Å². The molecule has 160 valence electrons. The Morgan fingerprint density at radius 3 is 2.45 bits per heavy atom. The van der Waals surface area contributed by atoms with Crippen molar-refractivity contribution < 1.29 is 9.90 Å². The van der Waals surface area contributed by atoms with Gasteiger partial charge in [-0.1, -0.05) is 60.7 Å². The topological polar surface area (TPSA) is 77.2 Å². The predicted molar refractivity (Wildman–Crippen MR) is 128 cm³/mol. The van der Waals surface area contributed by atoms with Crippen LogP contribution in [0.3, 0.4) is 0 Å². The Labute approximate surface area is 191 Å². The van der Waals surface area contributed by atoms with E-state index in [1.807, 2.05) is 60.7 Å². The van der Waals surface area contributed by atoms with Crippen molar-refractivity contribution in [1.82, 2.24) is 9.88 Å². The van der Waals surface area contributed by atoms with E-state index in [9.17, 15) is 9.90 Å². The maximum atomic E-state index is 12.4. The second-order valence-corrected chi connectivity index (χ2v) is 8.17. The number of carbonyl (C=O) groups is 1. The molecule has 0 spiro atoms. The van der Waals surface area contributed by atoms with Crippen LogP contribution in [0.2, 0.25) is 0 Å². The molecular weight excluding hydrogens is 410 g/mol. The number of pyridine rings is 1. The van der Waals surface area contributed by atoms with E-state index < -0.39 is 5.97 Å². The average molecular weight is 431 g/mol. The van der Waals surface area contributed by atoms with Crippen molar-refractivity contribution >= 4 is 28.5 Å². The number of aromatic nitrogens is 1. The van der Waals surface area contributed by atoms with Crippen LogP contribution in [0.15, 0.2) is 78.9 Å². The summed E-state index contributed by atoms with van der Waals surface area (Å²) in [5.41, 5.74) is 6.15. The van der Waals surface area contributed by atoms with Gasteiger partial charge in [0.25, 0.3) is 0 Å². The number of carboxylic acids is 1. The highest BCUT2D eigenvalue weighted by Gasteiger charge is 2.28. The molecule has 0 saturated heterocycles. The summed E-state index contributed by atoms with van der Waals surface area (Å²) in [5, 5.41) is 19.9. The molecule has 5 nitrogen and oxygen atoms in total. The quantitative estimate of drug-likeness (QED) is 0.471. The second kappa shape index (κ2) is 8.70. The molecule has 1 aromatic heterocycles. The van der Waals surface area contributed by atoms with Crippen molar-refractivity contribution in [2.75, 3.05) is 6.54 Å². The first kappa shape index (κ1) is 20.6. The highest BCUT2D eigenvalue weighted by atomic mass is 16.4. The lowest BCUT2D eigenvalue weighted by atomic mass is 9.91. The first-order valence-corrected chi connectivity index (χ1v) is 10.7. The van der Waals surface area contributed by atoms with Gasteiger partial charge in [-0.3, -0.25) is 4.90 Å². The standard InChI is InChI=1S/C28H21N3O2/c29-15-20-12-10-19(11-13-20)14-22-17-31(16-21-6-2-1-3-7-21)18-24-26(28(32)33)23-8-4-5-9-25(23)30-27(22)24/h1-14H,16-18H2,(H,32,33). The fraction of sp³-hybridized carbons (Fsp3) is 0.107. The fourth-order valence-electron chi connectivity index (χ4n) is 4.43. The maximum absolute atomic E-state index is 12.4. The van der Waals surface area contributed by atoms with E-state index >= 15 is 0 Å². The molecule has 0 saturated carbocycles. The van der Waals surface area contributed by atoms with E-state index in [2.05, 4.69) is 23.1 Å². The molecule has 2 heterocycles. The van der Waals surface area contributed by atoms with Crippen LogP contribution in [-0.4, -0.2) is 27.5 Å². The Bertz CT molecular complexity index is 1420. The molecule has 1 aliphatic heterocycles. The molecule has 3 aromatic carbocycles. The Balaban J connectivity index is 1.67. The molecule has 5 heteroatoms.